The summed E-state index contributed by atoms with van der Waals surface area (Å²) in [7, 11) is 9.80. The lowest BCUT2D eigenvalue weighted by Crippen LogP contribution is -2.35. The van der Waals surface area contributed by atoms with Crippen molar-refractivity contribution in [3.8, 4) is 0 Å². The highest BCUT2D eigenvalue weighted by molar-refractivity contribution is 5.27. The molecule has 38 heavy (non-hydrogen) atoms. The van der Waals surface area contributed by atoms with Crippen molar-refractivity contribution in [3.05, 3.63) is 35.4 Å². The van der Waals surface area contributed by atoms with Gasteiger partial charge in [0.15, 0.2) is 0 Å². The highest BCUT2D eigenvalue weighted by Crippen LogP contribution is 2.23. The maximum Gasteiger partial charge on any atom is 0.282 e. The van der Waals surface area contributed by atoms with E-state index >= 15 is 0 Å². The Morgan fingerprint density at radius 1 is 0.395 bits per heavy atom. The Hall–Kier alpha value is -1.02. The van der Waals surface area contributed by atoms with Crippen LogP contribution in [-0.2, 0) is 41.3 Å². The molecule has 0 aliphatic rings. The van der Waals surface area contributed by atoms with Crippen molar-refractivity contribution < 1.29 is 28.4 Å². The van der Waals surface area contributed by atoms with Gasteiger partial charge in [0.2, 0.25) is 0 Å². The molecule has 0 heterocycles. The molecule has 1 aromatic carbocycles. The van der Waals surface area contributed by atoms with E-state index in [0.29, 0.717) is 0 Å². The molecule has 0 radical (unpaired) electrons. The predicted molar refractivity (Wildman–Crippen MR) is 155 cm³/mol. The van der Waals surface area contributed by atoms with Crippen LogP contribution < -0.4 is 0 Å². The van der Waals surface area contributed by atoms with Gasteiger partial charge in [-0.05, 0) is 49.7 Å². The van der Waals surface area contributed by atoms with Gasteiger partial charge >= 0.3 is 0 Å². The molecule has 0 amide bonds. The monoisotopic (exact) mass is 538 g/mol. The van der Waals surface area contributed by atoms with Crippen molar-refractivity contribution in [2.24, 2.45) is 0 Å². The number of rotatable bonds is 26. The van der Waals surface area contributed by atoms with E-state index in [2.05, 4.69) is 24.3 Å². The van der Waals surface area contributed by atoms with Gasteiger partial charge in [0.05, 0.1) is 0 Å². The first-order valence-electron chi connectivity index (χ1n) is 14.9. The Balaban J connectivity index is 2.11. The van der Waals surface area contributed by atoms with Crippen LogP contribution in [0.5, 0.6) is 0 Å². The number of methoxy groups -OCH3 is 6. The van der Waals surface area contributed by atoms with E-state index in [1.54, 1.807) is 53.8 Å². The second-order valence-corrected chi connectivity index (χ2v) is 10.3. The molecule has 0 saturated heterocycles. The van der Waals surface area contributed by atoms with Crippen LogP contribution in [0.2, 0.25) is 0 Å². The van der Waals surface area contributed by atoms with Crippen LogP contribution in [0.25, 0.3) is 0 Å². The van der Waals surface area contributed by atoms with Gasteiger partial charge in [0.1, 0.15) is 0 Å². The Labute approximate surface area is 234 Å². The molecule has 0 unspecified atom stereocenters. The van der Waals surface area contributed by atoms with Crippen molar-refractivity contribution in [1.82, 2.24) is 0 Å². The molecule has 0 atom stereocenters. The molecule has 6 nitrogen and oxygen atoms in total. The standard InChI is InChI=1S/C32H58O6/c1-33-31(34-2,35-3)27-21-15-11-7-9-13-17-23-29-25-19-20-26-30(29)24-18-14-10-8-12-16-22-28-32(36-4,37-5)38-6/h19-20,25-26H,7-18,21-24,27-28H2,1-6H3. The van der Waals surface area contributed by atoms with E-state index in [1.807, 2.05) is 0 Å². The van der Waals surface area contributed by atoms with Crippen molar-refractivity contribution in [2.45, 2.75) is 128 Å². The fourth-order valence-electron chi connectivity index (χ4n) is 5.24. The van der Waals surface area contributed by atoms with Crippen LogP contribution in [-0.4, -0.2) is 54.6 Å². The van der Waals surface area contributed by atoms with E-state index in [4.69, 9.17) is 28.4 Å². The molecule has 0 aromatic heterocycles. The largest absolute Gasteiger partial charge is 0.331 e. The summed E-state index contributed by atoms with van der Waals surface area (Å²) in [6.45, 7) is 0. The van der Waals surface area contributed by atoms with Gasteiger partial charge in [-0.15, -0.1) is 0 Å². The summed E-state index contributed by atoms with van der Waals surface area (Å²) < 4.78 is 32.2. The molecular weight excluding hydrogens is 480 g/mol. The summed E-state index contributed by atoms with van der Waals surface area (Å²) in [4.78, 5) is 0. The van der Waals surface area contributed by atoms with Crippen molar-refractivity contribution in [1.29, 1.82) is 0 Å². The molecule has 0 spiro atoms. The van der Waals surface area contributed by atoms with Gasteiger partial charge in [-0.1, -0.05) is 88.5 Å². The van der Waals surface area contributed by atoms with E-state index in [-0.39, 0.29) is 0 Å². The Bertz CT molecular complexity index is 598. The maximum atomic E-state index is 5.37. The molecule has 0 N–H and O–H groups in total. The number of hydrogen-bond acceptors (Lipinski definition) is 6. The molecule has 0 bridgehead atoms. The summed E-state index contributed by atoms with van der Waals surface area (Å²) >= 11 is 0. The Morgan fingerprint density at radius 3 is 0.947 bits per heavy atom. The molecular formula is C32H58O6. The summed E-state index contributed by atoms with van der Waals surface area (Å²) in [6.07, 6.45) is 21.4. The van der Waals surface area contributed by atoms with E-state index < -0.39 is 11.9 Å². The molecule has 0 aliphatic heterocycles. The first kappa shape index (κ1) is 35.0. The van der Waals surface area contributed by atoms with E-state index in [0.717, 1.165) is 25.7 Å². The first-order chi connectivity index (χ1) is 18.5. The molecule has 0 aliphatic carbocycles. The third kappa shape index (κ3) is 13.9. The third-order valence-corrected chi connectivity index (χ3v) is 7.84. The molecule has 1 rings (SSSR count). The van der Waals surface area contributed by atoms with E-state index in [9.17, 15) is 0 Å². The molecule has 0 fully saturated rings. The van der Waals surface area contributed by atoms with Crippen LogP contribution in [0.1, 0.15) is 114 Å². The minimum Gasteiger partial charge on any atom is -0.331 e. The highest BCUT2D eigenvalue weighted by atomic mass is 16.9. The number of hydrogen-bond donors (Lipinski definition) is 0. The van der Waals surface area contributed by atoms with Gasteiger partial charge in [0.25, 0.3) is 11.9 Å². The normalized spacial score (nSPS) is 12.4. The number of unbranched alkanes of at least 4 members (excludes halogenated alkanes) is 12. The summed E-state index contributed by atoms with van der Waals surface area (Å²) in [6, 6.07) is 9.07. The second kappa shape index (κ2) is 21.8. The van der Waals surface area contributed by atoms with Crippen LogP contribution in [0.15, 0.2) is 24.3 Å². The quantitative estimate of drug-likeness (QED) is 0.0875. The Morgan fingerprint density at radius 2 is 0.658 bits per heavy atom. The zero-order valence-electron chi connectivity index (χ0n) is 25.5. The van der Waals surface area contributed by atoms with Gasteiger partial charge < -0.3 is 28.4 Å². The van der Waals surface area contributed by atoms with Crippen LogP contribution in [0.4, 0.5) is 0 Å². The predicted octanol–water partition coefficient (Wildman–Crippen LogP) is 8.20. The zero-order chi connectivity index (χ0) is 28.0. The third-order valence-electron chi connectivity index (χ3n) is 7.84. The van der Waals surface area contributed by atoms with Gasteiger partial charge in [-0.3, -0.25) is 0 Å². The zero-order valence-corrected chi connectivity index (χ0v) is 25.5. The van der Waals surface area contributed by atoms with Crippen LogP contribution in [0.3, 0.4) is 0 Å². The van der Waals surface area contributed by atoms with Crippen LogP contribution >= 0.6 is 0 Å². The lowest BCUT2D eigenvalue weighted by Gasteiger charge is -2.28. The smallest absolute Gasteiger partial charge is 0.282 e. The molecule has 0 saturated carbocycles. The highest BCUT2D eigenvalue weighted by Gasteiger charge is 2.29. The number of ether oxygens (including phenoxy) is 6. The SMILES string of the molecule is COC(CCCCCCCCCc1ccccc1CCCCCCCCCC(OC)(OC)OC)(OC)OC. The van der Waals surface area contributed by atoms with Crippen molar-refractivity contribution >= 4 is 0 Å². The van der Waals surface area contributed by atoms with Gasteiger partial charge in [-0.2, -0.15) is 0 Å². The van der Waals surface area contributed by atoms with Crippen molar-refractivity contribution in [2.75, 3.05) is 42.7 Å². The van der Waals surface area contributed by atoms with Crippen LogP contribution in [0, 0.1) is 0 Å². The first-order valence-corrected chi connectivity index (χ1v) is 14.9. The van der Waals surface area contributed by atoms with E-state index in [1.165, 1.54) is 89.9 Å². The summed E-state index contributed by atoms with van der Waals surface area (Å²) in [5, 5.41) is 0. The minimum atomic E-state index is -0.874. The Kier molecular flexibility index (Phi) is 20.0. The molecule has 222 valence electrons. The topological polar surface area (TPSA) is 55.4 Å². The minimum absolute atomic E-state index is 0.770. The average molecular weight is 539 g/mol. The number of aryl methyl sites for hydroxylation is 2. The lowest BCUT2D eigenvalue weighted by molar-refractivity contribution is -0.355. The lowest BCUT2D eigenvalue weighted by atomic mass is 9.96. The van der Waals surface area contributed by atoms with Gasteiger partial charge in [0, 0.05) is 55.5 Å². The number of benzene rings is 1. The maximum absolute atomic E-state index is 5.37. The fourth-order valence-corrected chi connectivity index (χ4v) is 5.24. The molecule has 6 heteroatoms. The van der Waals surface area contributed by atoms with Crippen molar-refractivity contribution in [3.63, 3.8) is 0 Å². The second-order valence-electron chi connectivity index (χ2n) is 10.3. The fraction of sp³-hybridized carbons (Fsp3) is 0.812. The van der Waals surface area contributed by atoms with Gasteiger partial charge in [-0.25, -0.2) is 0 Å². The average Bonchev–Trinajstić information content (AvgIpc) is 2.96. The summed E-state index contributed by atoms with van der Waals surface area (Å²) in [5.41, 5.74) is 3.11. The molecule has 1 aromatic rings. The summed E-state index contributed by atoms with van der Waals surface area (Å²) in [5.74, 6) is -1.75.